The Morgan fingerprint density at radius 3 is 2.53 bits per heavy atom. The predicted octanol–water partition coefficient (Wildman–Crippen LogP) is 0.454. The van der Waals surface area contributed by atoms with E-state index in [-0.39, 0.29) is 18.4 Å². The van der Waals surface area contributed by atoms with Crippen LogP contribution in [0.1, 0.15) is 37.0 Å². The Kier molecular flexibility index (Phi) is 4.31. The van der Waals surface area contributed by atoms with Gasteiger partial charge in [-0.05, 0) is 20.3 Å². The van der Waals surface area contributed by atoms with Gasteiger partial charge in [-0.15, -0.1) is 0 Å². The number of aliphatic carboxylic acids is 1. The van der Waals surface area contributed by atoms with Crippen molar-refractivity contribution < 1.29 is 19.8 Å². The number of hydrogen-bond acceptors (Lipinski definition) is 4. The van der Waals surface area contributed by atoms with Gasteiger partial charge in [0.1, 0.15) is 0 Å². The van der Waals surface area contributed by atoms with Crippen LogP contribution in [0.2, 0.25) is 0 Å². The first kappa shape index (κ1) is 14.7. The molecule has 1 aromatic rings. The SMILES string of the molecule is CC(C)(CCC(=O)O)NC(=O)c1cc(O)[nH]c(=O)c1. The number of pyridine rings is 1. The van der Waals surface area contributed by atoms with Gasteiger partial charge in [-0.25, -0.2) is 0 Å². The predicted molar refractivity (Wildman–Crippen MR) is 67.1 cm³/mol. The van der Waals surface area contributed by atoms with Crippen molar-refractivity contribution in [2.24, 2.45) is 0 Å². The molecule has 1 aromatic heterocycles. The van der Waals surface area contributed by atoms with Crippen LogP contribution in [0.4, 0.5) is 0 Å². The Morgan fingerprint density at radius 1 is 1.37 bits per heavy atom. The van der Waals surface area contributed by atoms with Gasteiger partial charge in [-0.3, -0.25) is 19.4 Å². The fraction of sp³-hybridized carbons (Fsp3) is 0.417. The van der Waals surface area contributed by atoms with Gasteiger partial charge in [0.25, 0.3) is 11.5 Å². The Balaban J connectivity index is 2.78. The van der Waals surface area contributed by atoms with Crippen molar-refractivity contribution in [3.63, 3.8) is 0 Å². The smallest absolute Gasteiger partial charge is 0.303 e. The summed E-state index contributed by atoms with van der Waals surface area (Å²) in [6.45, 7) is 3.36. The quantitative estimate of drug-likeness (QED) is 0.618. The Labute approximate surface area is 109 Å². The second kappa shape index (κ2) is 5.55. The standard InChI is InChI=1S/C12H16N2O5/c1-12(2,4-3-10(17)18)14-11(19)7-5-8(15)13-9(16)6-7/h5-6H,3-4H2,1-2H3,(H,14,19)(H,17,18)(H2,13,15,16). The van der Waals surface area contributed by atoms with E-state index in [0.717, 1.165) is 12.1 Å². The molecular formula is C12H16N2O5. The molecule has 4 N–H and O–H groups in total. The second-order valence-corrected chi connectivity index (χ2v) is 4.85. The van der Waals surface area contributed by atoms with Gasteiger partial charge in [0.15, 0.2) is 5.88 Å². The number of aromatic amines is 1. The van der Waals surface area contributed by atoms with E-state index in [1.165, 1.54) is 0 Å². The molecule has 0 fully saturated rings. The van der Waals surface area contributed by atoms with Crippen LogP contribution >= 0.6 is 0 Å². The highest BCUT2D eigenvalue weighted by molar-refractivity contribution is 5.94. The number of aromatic nitrogens is 1. The summed E-state index contributed by atoms with van der Waals surface area (Å²) >= 11 is 0. The van der Waals surface area contributed by atoms with E-state index in [0.29, 0.717) is 0 Å². The van der Waals surface area contributed by atoms with Crippen molar-refractivity contribution in [3.05, 3.63) is 28.0 Å². The summed E-state index contributed by atoms with van der Waals surface area (Å²) in [7, 11) is 0. The zero-order valence-corrected chi connectivity index (χ0v) is 10.7. The van der Waals surface area contributed by atoms with Gasteiger partial charge in [0, 0.05) is 24.1 Å². The molecule has 19 heavy (non-hydrogen) atoms. The number of H-pyrrole nitrogens is 1. The Morgan fingerprint density at radius 2 is 2.00 bits per heavy atom. The van der Waals surface area contributed by atoms with Gasteiger partial charge in [0.2, 0.25) is 0 Å². The maximum atomic E-state index is 11.9. The minimum absolute atomic E-state index is 0.0182. The minimum Gasteiger partial charge on any atom is -0.494 e. The molecule has 0 radical (unpaired) electrons. The lowest BCUT2D eigenvalue weighted by Gasteiger charge is -2.25. The summed E-state index contributed by atoms with van der Waals surface area (Å²) in [5.74, 6) is -1.89. The molecule has 104 valence electrons. The van der Waals surface area contributed by atoms with Crippen molar-refractivity contribution >= 4 is 11.9 Å². The number of aromatic hydroxyl groups is 1. The summed E-state index contributed by atoms with van der Waals surface area (Å²) in [6.07, 6.45) is 0.178. The average molecular weight is 268 g/mol. The van der Waals surface area contributed by atoms with Crippen molar-refractivity contribution in [3.8, 4) is 5.88 Å². The molecule has 0 saturated heterocycles. The third-order valence-electron chi connectivity index (χ3n) is 2.51. The van der Waals surface area contributed by atoms with Crippen LogP contribution in [0.3, 0.4) is 0 Å². The van der Waals surface area contributed by atoms with E-state index in [9.17, 15) is 19.5 Å². The highest BCUT2D eigenvalue weighted by atomic mass is 16.4. The molecule has 0 unspecified atom stereocenters. The molecule has 1 amide bonds. The largest absolute Gasteiger partial charge is 0.494 e. The van der Waals surface area contributed by atoms with Gasteiger partial charge < -0.3 is 15.5 Å². The van der Waals surface area contributed by atoms with Crippen molar-refractivity contribution in [1.29, 1.82) is 0 Å². The Bertz CT molecular complexity index is 547. The number of rotatable bonds is 5. The summed E-state index contributed by atoms with van der Waals surface area (Å²) in [4.78, 5) is 35.6. The molecule has 7 heteroatoms. The first-order chi connectivity index (χ1) is 8.69. The molecule has 0 atom stereocenters. The zero-order chi connectivity index (χ0) is 14.6. The normalized spacial score (nSPS) is 11.1. The second-order valence-electron chi connectivity index (χ2n) is 4.85. The van der Waals surface area contributed by atoms with E-state index < -0.39 is 28.9 Å². The molecule has 0 spiro atoms. The molecule has 0 aliphatic carbocycles. The van der Waals surface area contributed by atoms with E-state index in [1.807, 2.05) is 0 Å². The van der Waals surface area contributed by atoms with Crippen LogP contribution in [0, 0.1) is 0 Å². The van der Waals surface area contributed by atoms with Crippen LogP contribution in [-0.2, 0) is 4.79 Å². The molecule has 1 rings (SSSR count). The number of hydrogen-bond donors (Lipinski definition) is 4. The molecule has 7 nitrogen and oxygen atoms in total. The summed E-state index contributed by atoms with van der Waals surface area (Å²) < 4.78 is 0. The zero-order valence-electron chi connectivity index (χ0n) is 10.7. The van der Waals surface area contributed by atoms with Crippen LogP contribution in [-0.4, -0.2) is 32.6 Å². The van der Waals surface area contributed by atoms with Gasteiger partial charge >= 0.3 is 5.97 Å². The summed E-state index contributed by atoms with van der Waals surface area (Å²) in [5.41, 5.74) is -1.30. The molecule has 0 aromatic carbocycles. The van der Waals surface area contributed by atoms with Crippen LogP contribution in [0.5, 0.6) is 5.88 Å². The van der Waals surface area contributed by atoms with E-state index >= 15 is 0 Å². The van der Waals surface area contributed by atoms with Crippen LogP contribution < -0.4 is 10.9 Å². The lowest BCUT2D eigenvalue weighted by Crippen LogP contribution is -2.43. The van der Waals surface area contributed by atoms with E-state index in [4.69, 9.17) is 5.11 Å². The molecule has 0 bridgehead atoms. The van der Waals surface area contributed by atoms with Crippen molar-refractivity contribution in [1.82, 2.24) is 10.3 Å². The lowest BCUT2D eigenvalue weighted by atomic mass is 9.98. The number of amides is 1. The summed E-state index contributed by atoms with van der Waals surface area (Å²) in [5, 5.41) is 20.4. The Hall–Kier alpha value is -2.31. The summed E-state index contributed by atoms with van der Waals surface area (Å²) in [6, 6.07) is 2.19. The fourth-order valence-electron chi connectivity index (χ4n) is 1.52. The van der Waals surface area contributed by atoms with Crippen molar-refractivity contribution in [2.45, 2.75) is 32.2 Å². The van der Waals surface area contributed by atoms with Gasteiger partial charge in [0.05, 0.1) is 5.56 Å². The highest BCUT2D eigenvalue weighted by Crippen LogP contribution is 2.13. The highest BCUT2D eigenvalue weighted by Gasteiger charge is 2.22. The first-order valence-corrected chi connectivity index (χ1v) is 5.67. The number of nitrogens with one attached hydrogen (secondary N) is 2. The minimum atomic E-state index is -0.948. The van der Waals surface area contributed by atoms with Crippen LogP contribution in [0.25, 0.3) is 0 Å². The number of carbonyl (C=O) groups excluding carboxylic acids is 1. The fourth-order valence-corrected chi connectivity index (χ4v) is 1.52. The maximum absolute atomic E-state index is 11.9. The topological polar surface area (TPSA) is 119 Å². The average Bonchev–Trinajstić information content (AvgIpc) is 2.24. The molecule has 1 heterocycles. The third-order valence-corrected chi connectivity index (χ3v) is 2.51. The number of carbonyl (C=O) groups is 2. The first-order valence-electron chi connectivity index (χ1n) is 5.67. The van der Waals surface area contributed by atoms with Gasteiger partial charge in [-0.1, -0.05) is 0 Å². The van der Waals surface area contributed by atoms with Crippen molar-refractivity contribution in [2.75, 3.05) is 0 Å². The molecule has 0 aliphatic rings. The maximum Gasteiger partial charge on any atom is 0.303 e. The van der Waals surface area contributed by atoms with Gasteiger partial charge in [-0.2, -0.15) is 0 Å². The monoisotopic (exact) mass is 268 g/mol. The lowest BCUT2D eigenvalue weighted by molar-refractivity contribution is -0.137. The molecule has 0 aliphatic heterocycles. The molecule has 0 saturated carbocycles. The van der Waals surface area contributed by atoms with Crippen LogP contribution in [0.15, 0.2) is 16.9 Å². The van der Waals surface area contributed by atoms with E-state index in [1.54, 1.807) is 13.8 Å². The number of carboxylic acids is 1. The third kappa shape index (κ3) is 4.82. The van der Waals surface area contributed by atoms with E-state index in [2.05, 4.69) is 10.3 Å². The molecular weight excluding hydrogens is 252 g/mol. The number of carboxylic acid groups (broad SMARTS) is 1.